The van der Waals surface area contributed by atoms with Crippen LogP contribution < -0.4 is 9.51 Å². The zero-order valence-electron chi connectivity index (χ0n) is 6.70. The molecule has 2 aromatic rings. The molecule has 0 aliphatic heterocycles. The molecule has 0 bridgehead atoms. The van der Waals surface area contributed by atoms with Crippen molar-refractivity contribution in [3.05, 3.63) is 24.3 Å². The van der Waals surface area contributed by atoms with Crippen molar-refractivity contribution in [2.45, 2.75) is 0 Å². The van der Waals surface area contributed by atoms with Gasteiger partial charge < -0.3 is 4.74 Å². The van der Waals surface area contributed by atoms with Crippen molar-refractivity contribution in [1.29, 1.82) is 0 Å². The van der Waals surface area contributed by atoms with Crippen molar-refractivity contribution in [3.8, 4) is 5.75 Å². The first kappa shape index (κ1) is 7.68. The molecule has 0 fully saturated rings. The Labute approximate surface area is 76.4 Å². The lowest BCUT2D eigenvalue weighted by Crippen LogP contribution is -1.88. The summed E-state index contributed by atoms with van der Waals surface area (Å²) in [6.45, 7) is 0. The molecule has 0 saturated carbocycles. The van der Waals surface area contributed by atoms with E-state index in [1.807, 2.05) is 24.3 Å². The molecule has 3 heteroatoms. The van der Waals surface area contributed by atoms with Crippen LogP contribution in [0.15, 0.2) is 24.3 Å². The van der Waals surface area contributed by atoms with E-state index in [1.54, 1.807) is 18.4 Å². The maximum absolute atomic E-state index is 5.66. The molecule has 0 N–H and O–H groups in total. The van der Waals surface area contributed by atoms with Gasteiger partial charge in [-0.15, -0.1) is 0 Å². The summed E-state index contributed by atoms with van der Waals surface area (Å²) in [4.78, 5) is 0. The largest absolute Gasteiger partial charge is 0.497 e. The molecule has 1 heterocycles. The minimum absolute atomic E-state index is 0.846. The molecule has 12 heavy (non-hydrogen) atoms. The number of fused-ring (bicyclic) bond motifs is 1. The number of ether oxygens (including phenoxy) is 1. The Balaban J connectivity index is 2.66. The molecule has 0 amide bonds. The fourth-order valence-electron chi connectivity index (χ4n) is 1.17. The van der Waals surface area contributed by atoms with Gasteiger partial charge in [0.05, 0.1) is 7.11 Å². The van der Waals surface area contributed by atoms with Crippen molar-refractivity contribution in [2.24, 2.45) is 0 Å². The highest BCUT2D eigenvalue weighted by molar-refractivity contribution is 7.26. The van der Waals surface area contributed by atoms with Crippen molar-refractivity contribution >= 4 is 34.0 Å². The van der Waals surface area contributed by atoms with Crippen LogP contribution in [0.25, 0.3) is 10.1 Å². The minimum Gasteiger partial charge on any atom is -0.497 e. The average Bonchev–Trinajstić information content (AvgIpc) is 2.43. The lowest BCUT2D eigenvalue weighted by molar-refractivity contribution is 0.415. The van der Waals surface area contributed by atoms with Crippen molar-refractivity contribution < 1.29 is 4.74 Å². The van der Waals surface area contributed by atoms with Crippen molar-refractivity contribution in [3.63, 3.8) is 0 Å². The molecule has 1 nitrogen and oxygen atoms in total. The predicted octanol–water partition coefficient (Wildman–Crippen LogP) is 1.70. The van der Waals surface area contributed by atoms with Crippen LogP contribution in [0.4, 0.5) is 0 Å². The molecular weight excluding hydrogens is 167 g/mol. The van der Waals surface area contributed by atoms with E-state index in [9.17, 15) is 0 Å². The molecule has 0 spiro atoms. The number of benzene rings is 1. The third-order valence-electron chi connectivity index (χ3n) is 1.74. The topological polar surface area (TPSA) is 9.23 Å². The van der Waals surface area contributed by atoms with Gasteiger partial charge in [0.1, 0.15) is 13.6 Å². The molecule has 0 aliphatic rings. The second-order valence-corrected chi connectivity index (χ2v) is 3.67. The highest BCUT2D eigenvalue weighted by atomic mass is 32.1. The Morgan fingerprint density at radius 1 is 1.33 bits per heavy atom. The fourth-order valence-corrected chi connectivity index (χ4v) is 1.98. The first-order valence-electron chi connectivity index (χ1n) is 3.62. The summed E-state index contributed by atoms with van der Waals surface area (Å²) in [7, 11) is 7.32. The van der Waals surface area contributed by atoms with E-state index < -0.39 is 0 Å². The monoisotopic (exact) mass is 174 g/mol. The van der Waals surface area contributed by atoms with Crippen LogP contribution in [0.5, 0.6) is 5.75 Å². The first-order chi connectivity index (χ1) is 5.79. The maximum atomic E-state index is 5.66. The summed E-state index contributed by atoms with van der Waals surface area (Å²) < 4.78 is 7.14. The van der Waals surface area contributed by atoms with Gasteiger partial charge in [0.15, 0.2) is 0 Å². The van der Waals surface area contributed by atoms with Crippen LogP contribution in [0.2, 0.25) is 0 Å². The van der Waals surface area contributed by atoms with Gasteiger partial charge in [-0.2, -0.15) is 11.3 Å². The Kier molecular flexibility index (Phi) is 1.81. The highest BCUT2D eigenvalue weighted by Crippen LogP contribution is 2.23. The molecule has 0 saturated heterocycles. The molecule has 1 aromatic carbocycles. The van der Waals surface area contributed by atoms with E-state index in [0.29, 0.717) is 0 Å². The van der Waals surface area contributed by atoms with E-state index in [1.165, 1.54) is 4.70 Å². The second kappa shape index (κ2) is 2.83. The lowest BCUT2D eigenvalue weighted by atomic mass is 10.1. The number of thiophene rings is 1. The molecular formula is C9H7BOS. The van der Waals surface area contributed by atoms with Crippen LogP contribution in [0.3, 0.4) is 0 Å². The Bertz CT molecular complexity index is 408. The lowest BCUT2D eigenvalue weighted by Gasteiger charge is -1.97. The van der Waals surface area contributed by atoms with E-state index >= 15 is 0 Å². The molecule has 0 unspecified atom stereocenters. The Hall–Kier alpha value is -0.955. The molecule has 2 rings (SSSR count). The number of rotatable bonds is 1. The Morgan fingerprint density at radius 2 is 2.17 bits per heavy atom. The Morgan fingerprint density at radius 3 is 2.92 bits per heavy atom. The smallest absolute Gasteiger partial charge is 0.128 e. The van der Waals surface area contributed by atoms with Crippen LogP contribution in [-0.4, -0.2) is 15.0 Å². The molecule has 0 atom stereocenters. The second-order valence-electron chi connectivity index (χ2n) is 2.55. The summed E-state index contributed by atoms with van der Waals surface area (Å²) in [6, 6.07) is 7.91. The van der Waals surface area contributed by atoms with Gasteiger partial charge in [-0.3, -0.25) is 0 Å². The minimum atomic E-state index is 0.846. The third kappa shape index (κ3) is 1.20. The first-order valence-corrected chi connectivity index (χ1v) is 4.44. The normalized spacial score (nSPS) is 10.4. The molecule has 58 valence electrons. The average molecular weight is 174 g/mol. The van der Waals surface area contributed by atoms with Crippen LogP contribution in [0.1, 0.15) is 0 Å². The van der Waals surface area contributed by atoms with Gasteiger partial charge in [0.2, 0.25) is 0 Å². The maximum Gasteiger partial charge on any atom is 0.128 e. The van der Waals surface area contributed by atoms with Gasteiger partial charge >= 0.3 is 0 Å². The van der Waals surface area contributed by atoms with E-state index in [0.717, 1.165) is 15.9 Å². The van der Waals surface area contributed by atoms with Crippen LogP contribution >= 0.6 is 11.3 Å². The highest BCUT2D eigenvalue weighted by Gasteiger charge is 1.98. The zero-order chi connectivity index (χ0) is 8.55. The number of hydrogen-bond donors (Lipinski definition) is 0. The quantitative estimate of drug-likeness (QED) is 0.598. The number of hydrogen-bond acceptors (Lipinski definition) is 2. The molecule has 0 aliphatic carbocycles. The standard InChI is InChI=1S/C9H7BOS/c1-11-7-2-3-8-6(4-7)5-9(10)12-8/h2-5H,1H3. The summed E-state index contributed by atoms with van der Waals surface area (Å²) in [5, 5.41) is 1.15. The van der Waals surface area contributed by atoms with Gasteiger partial charge in [-0.05, 0) is 28.4 Å². The summed E-state index contributed by atoms with van der Waals surface area (Å²) in [5.74, 6) is 0.875. The van der Waals surface area contributed by atoms with Gasteiger partial charge in [-0.25, -0.2) is 0 Å². The summed E-state index contributed by atoms with van der Waals surface area (Å²) >= 11 is 1.59. The number of methoxy groups -OCH3 is 1. The fraction of sp³-hybridized carbons (Fsp3) is 0.111. The van der Waals surface area contributed by atoms with Crippen molar-refractivity contribution in [2.75, 3.05) is 7.11 Å². The van der Waals surface area contributed by atoms with Crippen LogP contribution in [0, 0.1) is 0 Å². The summed E-state index contributed by atoms with van der Waals surface area (Å²) in [5.41, 5.74) is 0. The molecule has 2 radical (unpaired) electrons. The zero-order valence-corrected chi connectivity index (χ0v) is 7.52. The van der Waals surface area contributed by atoms with Gasteiger partial charge in [-0.1, -0.05) is 6.07 Å². The van der Waals surface area contributed by atoms with Crippen LogP contribution in [-0.2, 0) is 0 Å². The van der Waals surface area contributed by atoms with Gasteiger partial charge in [0, 0.05) is 4.70 Å². The van der Waals surface area contributed by atoms with E-state index in [-0.39, 0.29) is 0 Å². The SMILES string of the molecule is [B]c1cc2cc(OC)ccc2s1. The van der Waals surface area contributed by atoms with Crippen molar-refractivity contribution in [1.82, 2.24) is 0 Å². The molecule has 1 aromatic heterocycles. The predicted molar refractivity (Wildman–Crippen MR) is 53.8 cm³/mol. The summed E-state index contributed by atoms with van der Waals surface area (Å²) in [6.07, 6.45) is 0. The van der Waals surface area contributed by atoms with E-state index in [4.69, 9.17) is 12.6 Å². The van der Waals surface area contributed by atoms with E-state index in [2.05, 4.69) is 0 Å². The third-order valence-corrected chi connectivity index (χ3v) is 2.69. The van der Waals surface area contributed by atoms with Gasteiger partial charge in [0.25, 0.3) is 0 Å².